The third-order valence-corrected chi connectivity index (χ3v) is 2.52. The lowest BCUT2D eigenvalue weighted by molar-refractivity contribution is -0.142. The summed E-state index contributed by atoms with van der Waals surface area (Å²) < 4.78 is 4.48. The van der Waals surface area contributed by atoms with Gasteiger partial charge in [-0.25, -0.2) is 4.79 Å². The van der Waals surface area contributed by atoms with Gasteiger partial charge in [0.05, 0.1) is 12.0 Å². The molecule has 0 saturated carbocycles. The lowest BCUT2D eigenvalue weighted by Gasteiger charge is -2.09. The maximum atomic E-state index is 11.4. The molecule has 1 aromatic heterocycles. The van der Waals surface area contributed by atoms with Gasteiger partial charge in [0, 0.05) is 0 Å². The summed E-state index contributed by atoms with van der Waals surface area (Å²) in [6.07, 6.45) is 0. The van der Waals surface area contributed by atoms with Crippen LogP contribution in [-0.4, -0.2) is 25.0 Å². The van der Waals surface area contributed by atoms with Crippen LogP contribution in [0.5, 0.6) is 0 Å². The zero-order valence-electron chi connectivity index (χ0n) is 8.35. The topological polar surface area (TPSA) is 55.4 Å². The number of rotatable bonds is 3. The molecular weight excluding hydrogens is 238 g/mol. The Balaban J connectivity index is 0.00000196. The fraction of sp³-hybridized carbons (Fsp3) is 0.333. The predicted molar refractivity (Wildman–Crippen MR) is 60.5 cm³/mol. The Labute approximate surface area is 98.0 Å². The second kappa shape index (κ2) is 6.42. The van der Waals surface area contributed by atoms with E-state index in [9.17, 15) is 9.59 Å². The van der Waals surface area contributed by atoms with E-state index in [4.69, 9.17) is 0 Å². The van der Waals surface area contributed by atoms with Crippen LogP contribution >= 0.6 is 23.7 Å². The maximum Gasteiger partial charge on any atom is 0.328 e. The first-order valence-electron chi connectivity index (χ1n) is 4.07. The highest BCUT2D eigenvalue weighted by atomic mass is 35.5. The molecule has 1 unspecified atom stereocenters. The summed E-state index contributed by atoms with van der Waals surface area (Å²) in [4.78, 5) is 23.0. The molecule has 0 bridgehead atoms. The molecule has 1 amide bonds. The molecule has 1 heterocycles. The van der Waals surface area contributed by atoms with Crippen molar-refractivity contribution in [3.8, 4) is 0 Å². The Morgan fingerprint density at radius 3 is 2.67 bits per heavy atom. The van der Waals surface area contributed by atoms with E-state index in [1.807, 2.05) is 0 Å². The Bertz CT molecular complexity index is 326. The lowest BCUT2D eigenvalue weighted by Crippen LogP contribution is -2.38. The van der Waals surface area contributed by atoms with Crippen molar-refractivity contribution in [2.24, 2.45) is 0 Å². The van der Waals surface area contributed by atoms with E-state index < -0.39 is 12.0 Å². The predicted octanol–water partition coefficient (Wildman–Crippen LogP) is 1.46. The van der Waals surface area contributed by atoms with Crippen molar-refractivity contribution in [1.82, 2.24) is 5.32 Å². The first-order valence-corrected chi connectivity index (χ1v) is 4.95. The summed E-state index contributed by atoms with van der Waals surface area (Å²) in [7, 11) is 1.29. The van der Waals surface area contributed by atoms with Gasteiger partial charge in [0.25, 0.3) is 5.91 Å². The van der Waals surface area contributed by atoms with Gasteiger partial charge in [-0.1, -0.05) is 6.07 Å². The van der Waals surface area contributed by atoms with Gasteiger partial charge in [0.1, 0.15) is 6.04 Å². The molecule has 0 aliphatic carbocycles. The summed E-state index contributed by atoms with van der Waals surface area (Å²) >= 11 is 1.33. The molecule has 1 N–H and O–H groups in total. The first-order chi connectivity index (χ1) is 6.65. The number of amides is 1. The average molecular weight is 250 g/mol. The minimum atomic E-state index is -0.616. The van der Waals surface area contributed by atoms with Crippen molar-refractivity contribution in [1.29, 1.82) is 0 Å². The van der Waals surface area contributed by atoms with Crippen LogP contribution in [0.4, 0.5) is 0 Å². The SMILES string of the molecule is COC(=O)C(C)NC(=O)c1cccs1.Cl. The zero-order chi connectivity index (χ0) is 10.6. The van der Waals surface area contributed by atoms with E-state index in [2.05, 4.69) is 10.1 Å². The molecule has 4 nitrogen and oxygen atoms in total. The number of nitrogens with one attached hydrogen (secondary N) is 1. The molecule has 15 heavy (non-hydrogen) atoms. The minimum Gasteiger partial charge on any atom is -0.467 e. The number of halogens is 1. The van der Waals surface area contributed by atoms with Gasteiger partial charge in [-0.15, -0.1) is 23.7 Å². The van der Waals surface area contributed by atoms with E-state index in [-0.39, 0.29) is 18.3 Å². The number of esters is 1. The molecule has 0 fully saturated rings. The van der Waals surface area contributed by atoms with E-state index in [1.165, 1.54) is 18.4 Å². The molecule has 0 saturated heterocycles. The van der Waals surface area contributed by atoms with Crippen LogP contribution in [0.25, 0.3) is 0 Å². The molecular formula is C9H12ClNO3S. The fourth-order valence-electron chi connectivity index (χ4n) is 0.911. The first kappa shape index (κ1) is 13.9. The molecule has 1 rings (SSSR count). The van der Waals surface area contributed by atoms with E-state index >= 15 is 0 Å². The normalized spacial score (nSPS) is 11.1. The van der Waals surface area contributed by atoms with Crippen LogP contribution in [0.1, 0.15) is 16.6 Å². The quantitative estimate of drug-likeness (QED) is 0.826. The number of hydrogen-bond donors (Lipinski definition) is 1. The van der Waals surface area contributed by atoms with Gasteiger partial charge in [-0.2, -0.15) is 0 Å². The standard InChI is InChI=1S/C9H11NO3S.ClH/c1-6(9(12)13-2)10-8(11)7-4-3-5-14-7;/h3-6H,1-2H3,(H,10,11);1H. The molecule has 1 atom stereocenters. The molecule has 84 valence electrons. The van der Waals surface area contributed by atoms with Gasteiger partial charge < -0.3 is 10.1 Å². The Kier molecular flexibility index (Phi) is 5.96. The molecule has 0 aromatic carbocycles. The van der Waals surface area contributed by atoms with Gasteiger partial charge in [0.15, 0.2) is 0 Å². The zero-order valence-corrected chi connectivity index (χ0v) is 9.98. The van der Waals surface area contributed by atoms with Gasteiger partial charge in [-0.05, 0) is 18.4 Å². The minimum absolute atomic E-state index is 0. The molecule has 0 aliphatic heterocycles. The van der Waals surface area contributed by atoms with E-state index in [0.29, 0.717) is 4.88 Å². The lowest BCUT2D eigenvalue weighted by atomic mass is 10.3. The van der Waals surface area contributed by atoms with Crippen LogP contribution in [0, 0.1) is 0 Å². The Morgan fingerprint density at radius 2 is 2.20 bits per heavy atom. The molecule has 1 aromatic rings. The summed E-state index contributed by atoms with van der Waals surface area (Å²) in [5.41, 5.74) is 0. The van der Waals surface area contributed by atoms with Gasteiger partial charge >= 0.3 is 5.97 Å². The summed E-state index contributed by atoms with van der Waals surface area (Å²) in [6.45, 7) is 1.58. The summed E-state index contributed by atoms with van der Waals surface area (Å²) in [6, 6.07) is 2.86. The summed E-state index contributed by atoms with van der Waals surface area (Å²) in [5, 5.41) is 4.33. The van der Waals surface area contributed by atoms with Crippen LogP contribution in [-0.2, 0) is 9.53 Å². The van der Waals surface area contributed by atoms with E-state index in [0.717, 1.165) is 0 Å². The van der Waals surface area contributed by atoms with Gasteiger partial charge in [-0.3, -0.25) is 4.79 Å². The number of carbonyl (C=O) groups excluding carboxylic acids is 2. The van der Waals surface area contributed by atoms with Crippen molar-refractivity contribution in [3.05, 3.63) is 22.4 Å². The highest BCUT2D eigenvalue weighted by molar-refractivity contribution is 7.12. The maximum absolute atomic E-state index is 11.4. The van der Waals surface area contributed by atoms with Crippen LogP contribution < -0.4 is 5.32 Å². The van der Waals surface area contributed by atoms with Crippen molar-refractivity contribution in [2.75, 3.05) is 7.11 Å². The average Bonchev–Trinajstić information content (AvgIpc) is 2.69. The second-order valence-corrected chi connectivity index (χ2v) is 3.64. The van der Waals surface area contributed by atoms with Crippen molar-refractivity contribution in [3.63, 3.8) is 0 Å². The number of carbonyl (C=O) groups is 2. The molecule has 0 aliphatic rings. The molecule has 0 radical (unpaired) electrons. The van der Waals surface area contributed by atoms with Crippen molar-refractivity contribution in [2.45, 2.75) is 13.0 Å². The highest BCUT2D eigenvalue weighted by Crippen LogP contribution is 2.08. The number of hydrogen-bond acceptors (Lipinski definition) is 4. The third-order valence-electron chi connectivity index (χ3n) is 1.65. The number of thiophene rings is 1. The largest absolute Gasteiger partial charge is 0.467 e. The summed E-state index contributed by atoms with van der Waals surface area (Å²) in [5.74, 6) is -0.701. The van der Waals surface area contributed by atoms with Crippen molar-refractivity contribution >= 4 is 35.6 Å². The third kappa shape index (κ3) is 3.89. The number of methoxy groups -OCH3 is 1. The molecule has 0 spiro atoms. The highest BCUT2D eigenvalue weighted by Gasteiger charge is 2.16. The van der Waals surface area contributed by atoms with Crippen LogP contribution in [0.3, 0.4) is 0 Å². The fourth-order valence-corrected chi connectivity index (χ4v) is 1.54. The van der Waals surface area contributed by atoms with E-state index in [1.54, 1.807) is 24.4 Å². The second-order valence-electron chi connectivity index (χ2n) is 2.70. The van der Waals surface area contributed by atoms with Crippen molar-refractivity contribution < 1.29 is 14.3 Å². The van der Waals surface area contributed by atoms with Crippen LogP contribution in [0.2, 0.25) is 0 Å². The Morgan fingerprint density at radius 1 is 1.53 bits per heavy atom. The van der Waals surface area contributed by atoms with Crippen LogP contribution in [0.15, 0.2) is 17.5 Å². The molecule has 6 heteroatoms. The van der Waals surface area contributed by atoms with Gasteiger partial charge in [0.2, 0.25) is 0 Å². The Hall–Kier alpha value is -1.07. The smallest absolute Gasteiger partial charge is 0.328 e. The number of ether oxygens (including phenoxy) is 1. The monoisotopic (exact) mass is 249 g/mol.